The molecule has 0 N–H and O–H groups in total. The molecule has 1 aliphatic rings. The molecule has 0 radical (unpaired) electrons. The minimum atomic E-state index is -3.56. The number of nitrogens with zero attached hydrogens (tertiary/aromatic N) is 4. The van der Waals surface area contributed by atoms with E-state index in [0.29, 0.717) is 42.8 Å². The number of halogens is 2. The summed E-state index contributed by atoms with van der Waals surface area (Å²) in [5.74, 6) is 0.346. The van der Waals surface area contributed by atoms with E-state index in [-0.39, 0.29) is 23.2 Å². The van der Waals surface area contributed by atoms with Gasteiger partial charge in [0, 0.05) is 36.2 Å². The number of fused-ring (bicyclic) bond motifs is 1. The molecular weight excluding hydrogens is 572 g/mol. The van der Waals surface area contributed by atoms with Crippen molar-refractivity contribution in [3.05, 3.63) is 52.5 Å². The van der Waals surface area contributed by atoms with Crippen LogP contribution in [0.4, 0.5) is 5.13 Å². The van der Waals surface area contributed by atoms with Crippen LogP contribution < -0.4 is 4.90 Å². The highest BCUT2D eigenvalue weighted by Gasteiger charge is 2.28. The summed E-state index contributed by atoms with van der Waals surface area (Å²) in [4.78, 5) is 22.1. The van der Waals surface area contributed by atoms with Gasteiger partial charge in [-0.2, -0.15) is 4.31 Å². The topological polar surface area (TPSA) is 73.8 Å². The quantitative estimate of drug-likeness (QED) is 0.376. The largest absolute Gasteiger partial charge is 0.308 e. The summed E-state index contributed by atoms with van der Waals surface area (Å²) < 4.78 is 29.6. The Labute approximate surface area is 225 Å². The monoisotopic (exact) mass is 600 g/mol. The summed E-state index contributed by atoms with van der Waals surface area (Å²) >= 11 is 4.95. The van der Waals surface area contributed by atoms with Gasteiger partial charge in [0.05, 0.1) is 15.1 Å². The second kappa shape index (κ2) is 11.7. The standard InChI is InChI=1S/C24H29BrN4O3S2.ClH/c1-17-10-12-28(13-11-17)34(31,32)20-7-4-18(5-8-20)23(30)29(15-14-27(2)3)24-26-21-9-6-19(25)16-22(21)33-24;/h4-9,16-17H,10-15H2,1-3H3;1H. The van der Waals surface area contributed by atoms with E-state index in [1.807, 2.05) is 37.2 Å². The average molecular weight is 602 g/mol. The first-order valence-corrected chi connectivity index (χ1v) is 14.3. The molecular formula is C24H30BrClN4O3S2. The SMILES string of the molecule is CC1CCN(S(=O)(=O)c2ccc(C(=O)N(CCN(C)C)c3nc4ccc(Br)cc4s3)cc2)CC1.Cl. The van der Waals surface area contributed by atoms with E-state index in [2.05, 4.69) is 27.8 Å². The Kier molecular flexibility index (Phi) is 9.33. The van der Waals surface area contributed by atoms with E-state index in [4.69, 9.17) is 0 Å². The van der Waals surface area contributed by atoms with Crippen LogP contribution in [0.5, 0.6) is 0 Å². The molecule has 1 aromatic heterocycles. The number of thiazole rings is 1. The minimum Gasteiger partial charge on any atom is -0.308 e. The molecule has 4 rings (SSSR count). The Hall–Kier alpha value is -1.56. The second-order valence-corrected chi connectivity index (χ2v) is 12.8. The molecule has 0 spiro atoms. The van der Waals surface area contributed by atoms with Crippen molar-refractivity contribution in [1.82, 2.24) is 14.2 Å². The van der Waals surface area contributed by atoms with Crippen molar-refractivity contribution in [3.8, 4) is 0 Å². The summed E-state index contributed by atoms with van der Waals surface area (Å²) in [6, 6.07) is 12.1. The first-order chi connectivity index (χ1) is 16.1. The molecule has 7 nitrogen and oxygen atoms in total. The fraction of sp³-hybridized carbons (Fsp3) is 0.417. The maximum atomic E-state index is 13.5. The summed E-state index contributed by atoms with van der Waals surface area (Å²) in [6.45, 7) is 4.37. The van der Waals surface area contributed by atoms with Gasteiger partial charge in [0.1, 0.15) is 0 Å². The van der Waals surface area contributed by atoms with Crippen LogP contribution in [-0.4, -0.2) is 68.8 Å². The van der Waals surface area contributed by atoms with E-state index in [1.54, 1.807) is 33.5 Å². The number of rotatable bonds is 7. The van der Waals surface area contributed by atoms with Gasteiger partial charge in [-0.3, -0.25) is 9.69 Å². The number of hydrogen-bond donors (Lipinski definition) is 0. The zero-order valence-electron chi connectivity index (χ0n) is 20.0. The highest BCUT2D eigenvalue weighted by Crippen LogP contribution is 2.32. The van der Waals surface area contributed by atoms with Gasteiger partial charge in [0.15, 0.2) is 5.13 Å². The number of aromatic nitrogens is 1. The lowest BCUT2D eigenvalue weighted by Gasteiger charge is -2.29. The van der Waals surface area contributed by atoms with Gasteiger partial charge in [0.25, 0.3) is 5.91 Å². The van der Waals surface area contributed by atoms with Gasteiger partial charge in [-0.05, 0) is 75.3 Å². The Balaban J connectivity index is 0.00000342. The summed E-state index contributed by atoms with van der Waals surface area (Å²) in [5.41, 5.74) is 1.27. The number of benzene rings is 2. The third-order valence-electron chi connectivity index (χ3n) is 6.07. The number of carbonyl (C=O) groups excluding carboxylic acids is 1. The molecule has 1 fully saturated rings. The van der Waals surface area contributed by atoms with Gasteiger partial charge in [-0.15, -0.1) is 12.4 Å². The van der Waals surface area contributed by atoms with Crippen molar-refractivity contribution in [3.63, 3.8) is 0 Å². The highest BCUT2D eigenvalue weighted by molar-refractivity contribution is 9.10. The lowest BCUT2D eigenvalue weighted by Crippen LogP contribution is -2.38. The number of hydrogen-bond acceptors (Lipinski definition) is 6. The maximum Gasteiger partial charge on any atom is 0.260 e. The van der Waals surface area contributed by atoms with Crippen molar-refractivity contribution >= 4 is 71.0 Å². The van der Waals surface area contributed by atoms with Gasteiger partial charge in [-0.1, -0.05) is 34.2 Å². The van der Waals surface area contributed by atoms with Crippen molar-refractivity contribution in [1.29, 1.82) is 0 Å². The lowest BCUT2D eigenvalue weighted by molar-refractivity contribution is 0.0985. The molecule has 2 heterocycles. The fourth-order valence-corrected chi connectivity index (χ4v) is 6.90. The number of piperidine rings is 1. The number of likely N-dealkylation sites (N-methyl/N-ethyl adjacent to an activating group) is 1. The number of anilines is 1. The molecule has 0 aliphatic carbocycles. The molecule has 1 aliphatic heterocycles. The Morgan fingerprint density at radius 1 is 1.11 bits per heavy atom. The average Bonchev–Trinajstić information content (AvgIpc) is 3.22. The van der Waals surface area contributed by atoms with E-state index in [9.17, 15) is 13.2 Å². The first-order valence-electron chi connectivity index (χ1n) is 11.3. The Morgan fingerprint density at radius 3 is 2.40 bits per heavy atom. The fourth-order valence-electron chi connectivity index (χ4n) is 3.89. The van der Waals surface area contributed by atoms with Crippen molar-refractivity contribution in [2.75, 3.05) is 45.2 Å². The van der Waals surface area contributed by atoms with Gasteiger partial charge in [0.2, 0.25) is 10.0 Å². The Bertz CT molecular complexity index is 1270. The first kappa shape index (κ1) is 28.0. The van der Waals surface area contributed by atoms with Crippen molar-refractivity contribution < 1.29 is 13.2 Å². The van der Waals surface area contributed by atoms with E-state index in [1.165, 1.54) is 11.3 Å². The van der Waals surface area contributed by atoms with E-state index in [0.717, 1.165) is 27.5 Å². The van der Waals surface area contributed by atoms with Crippen LogP contribution >= 0.6 is 39.7 Å². The normalized spacial score (nSPS) is 15.3. The molecule has 0 atom stereocenters. The van der Waals surface area contributed by atoms with Gasteiger partial charge in [-0.25, -0.2) is 13.4 Å². The molecule has 1 saturated heterocycles. The summed E-state index contributed by atoms with van der Waals surface area (Å²) in [5, 5.41) is 0.624. The number of carbonyl (C=O) groups is 1. The molecule has 2 aromatic carbocycles. The van der Waals surface area contributed by atoms with Crippen LogP contribution in [0.15, 0.2) is 51.8 Å². The van der Waals surface area contributed by atoms with Crippen LogP contribution in [0, 0.1) is 5.92 Å². The highest BCUT2D eigenvalue weighted by atomic mass is 79.9. The van der Waals surface area contributed by atoms with Crippen LogP contribution in [0.1, 0.15) is 30.1 Å². The molecule has 11 heteroatoms. The molecule has 0 saturated carbocycles. The van der Waals surface area contributed by atoms with Crippen molar-refractivity contribution in [2.45, 2.75) is 24.7 Å². The smallest absolute Gasteiger partial charge is 0.260 e. The molecule has 35 heavy (non-hydrogen) atoms. The maximum absolute atomic E-state index is 13.5. The predicted molar refractivity (Wildman–Crippen MR) is 148 cm³/mol. The number of sulfonamides is 1. The van der Waals surface area contributed by atoms with Crippen LogP contribution in [0.25, 0.3) is 10.2 Å². The molecule has 0 unspecified atom stereocenters. The zero-order valence-corrected chi connectivity index (χ0v) is 24.0. The predicted octanol–water partition coefficient (Wildman–Crippen LogP) is 5.11. The second-order valence-electron chi connectivity index (χ2n) is 8.98. The van der Waals surface area contributed by atoms with Crippen molar-refractivity contribution in [2.24, 2.45) is 5.92 Å². The zero-order chi connectivity index (χ0) is 24.5. The lowest BCUT2D eigenvalue weighted by atomic mass is 10.0. The van der Waals surface area contributed by atoms with Crippen LogP contribution in [0.3, 0.4) is 0 Å². The summed E-state index contributed by atoms with van der Waals surface area (Å²) in [7, 11) is 0.359. The van der Waals surface area contributed by atoms with Gasteiger partial charge < -0.3 is 4.90 Å². The van der Waals surface area contributed by atoms with E-state index < -0.39 is 10.0 Å². The molecule has 190 valence electrons. The van der Waals surface area contributed by atoms with Crippen LogP contribution in [-0.2, 0) is 10.0 Å². The van der Waals surface area contributed by atoms with Gasteiger partial charge >= 0.3 is 0 Å². The van der Waals surface area contributed by atoms with Crippen LogP contribution in [0.2, 0.25) is 0 Å². The van der Waals surface area contributed by atoms with E-state index >= 15 is 0 Å². The number of amides is 1. The minimum absolute atomic E-state index is 0. The Morgan fingerprint density at radius 2 is 1.77 bits per heavy atom. The third-order valence-corrected chi connectivity index (χ3v) is 9.51. The third kappa shape index (κ3) is 6.42. The molecule has 3 aromatic rings. The molecule has 1 amide bonds. The molecule has 0 bridgehead atoms. The summed E-state index contributed by atoms with van der Waals surface area (Å²) in [6.07, 6.45) is 1.74.